The molecule has 0 unspecified atom stereocenters. The molecule has 1 aromatic carbocycles. The summed E-state index contributed by atoms with van der Waals surface area (Å²) in [6.45, 7) is 6.17. The summed E-state index contributed by atoms with van der Waals surface area (Å²) in [4.78, 5) is 14.8. The third-order valence-corrected chi connectivity index (χ3v) is 7.93. The van der Waals surface area contributed by atoms with Crippen molar-refractivity contribution in [3.8, 4) is 0 Å². The molecule has 1 heterocycles. The van der Waals surface area contributed by atoms with Gasteiger partial charge in [-0.2, -0.15) is 4.31 Å². The van der Waals surface area contributed by atoms with E-state index in [1.165, 1.54) is 25.7 Å². The van der Waals surface area contributed by atoms with Gasteiger partial charge in [-0.05, 0) is 38.3 Å². The molecule has 3 rings (SSSR count). The van der Waals surface area contributed by atoms with Crippen LogP contribution in [0.25, 0.3) is 0 Å². The maximum absolute atomic E-state index is 13.0. The Hall–Kier alpha value is -1.44. The molecular weight excluding hydrogens is 374 g/mol. The van der Waals surface area contributed by atoms with Gasteiger partial charge in [-0.25, -0.2) is 8.42 Å². The van der Waals surface area contributed by atoms with Crippen LogP contribution in [0.15, 0.2) is 23.1 Å². The van der Waals surface area contributed by atoms with Gasteiger partial charge in [0.25, 0.3) is 0 Å². The van der Waals surface area contributed by atoms with E-state index < -0.39 is 10.0 Å². The first kappa shape index (κ1) is 21.3. The average Bonchev–Trinajstić information content (AvgIpc) is 2.90. The van der Waals surface area contributed by atoms with E-state index >= 15 is 0 Å². The van der Waals surface area contributed by atoms with Gasteiger partial charge in [0.15, 0.2) is 0 Å². The summed E-state index contributed by atoms with van der Waals surface area (Å²) in [5.74, 6) is 0.0672. The van der Waals surface area contributed by atoms with Crippen molar-refractivity contribution >= 4 is 15.9 Å². The summed E-state index contributed by atoms with van der Waals surface area (Å²) < 4.78 is 27.5. The van der Waals surface area contributed by atoms with Crippen LogP contribution in [0.3, 0.4) is 0 Å². The lowest BCUT2D eigenvalue weighted by Gasteiger charge is -2.34. The van der Waals surface area contributed by atoms with Gasteiger partial charge in [0.05, 0.1) is 11.4 Å². The molecule has 2 fully saturated rings. The Morgan fingerprint density at radius 2 is 1.68 bits per heavy atom. The van der Waals surface area contributed by atoms with E-state index in [9.17, 15) is 13.2 Å². The van der Waals surface area contributed by atoms with E-state index in [1.807, 2.05) is 26.0 Å². The van der Waals surface area contributed by atoms with Crippen LogP contribution >= 0.6 is 0 Å². The minimum atomic E-state index is -3.48. The van der Waals surface area contributed by atoms with Crippen LogP contribution in [-0.2, 0) is 14.8 Å². The van der Waals surface area contributed by atoms with Crippen LogP contribution in [-0.4, -0.2) is 62.3 Å². The third kappa shape index (κ3) is 5.33. The van der Waals surface area contributed by atoms with E-state index in [1.54, 1.807) is 10.4 Å². The summed E-state index contributed by atoms with van der Waals surface area (Å²) in [5, 5.41) is 3.17. The van der Waals surface area contributed by atoms with Crippen molar-refractivity contribution in [1.82, 2.24) is 14.5 Å². The summed E-state index contributed by atoms with van der Waals surface area (Å²) in [6, 6.07) is 5.75. The molecule has 0 spiro atoms. The van der Waals surface area contributed by atoms with Crippen molar-refractivity contribution in [1.29, 1.82) is 0 Å². The van der Waals surface area contributed by atoms with Crippen LogP contribution in [0.5, 0.6) is 0 Å². The summed E-state index contributed by atoms with van der Waals surface area (Å²) in [6.07, 6.45) is 7.08. The highest BCUT2D eigenvalue weighted by atomic mass is 32.2. The topological polar surface area (TPSA) is 69.7 Å². The molecule has 0 aromatic heterocycles. The largest absolute Gasteiger partial charge is 0.352 e. The van der Waals surface area contributed by atoms with Crippen molar-refractivity contribution in [3.05, 3.63) is 29.3 Å². The lowest BCUT2D eigenvalue weighted by atomic mass is 10.1. The fourth-order valence-corrected chi connectivity index (χ4v) is 5.88. The standard InChI is InChI=1S/C21H33N3O3S/c1-17-9-10-20(18(2)15-17)28(26,27)24-13-11-23(12-14-24)16-21(25)22-19-7-5-3-4-6-8-19/h9-10,15,19H,3-8,11-14,16H2,1-2H3,(H,22,25). The zero-order valence-corrected chi connectivity index (χ0v) is 17.9. The number of hydrogen-bond acceptors (Lipinski definition) is 4. The molecule has 1 amide bonds. The monoisotopic (exact) mass is 407 g/mol. The molecule has 1 aliphatic carbocycles. The Morgan fingerprint density at radius 1 is 1.04 bits per heavy atom. The minimum absolute atomic E-state index is 0.0672. The number of piperazine rings is 1. The van der Waals surface area contributed by atoms with Gasteiger partial charge in [0.1, 0.15) is 0 Å². The number of carbonyl (C=O) groups is 1. The van der Waals surface area contributed by atoms with Gasteiger partial charge in [0.2, 0.25) is 15.9 Å². The maximum Gasteiger partial charge on any atom is 0.243 e. The van der Waals surface area contributed by atoms with E-state index in [2.05, 4.69) is 10.2 Å². The first-order valence-corrected chi connectivity index (χ1v) is 11.9. The van der Waals surface area contributed by atoms with Crippen LogP contribution in [0.4, 0.5) is 0 Å². The Morgan fingerprint density at radius 3 is 2.29 bits per heavy atom. The Kier molecular flexibility index (Phi) is 7.12. The molecule has 1 N–H and O–H groups in total. The first-order chi connectivity index (χ1) is 13.4. The normalized spacial score (nSPS) is 20.6. The lowest BCUT2D eigenvalue weighted by Crippen LogP contribution is -2.51. The summed E-state index contributed by atoms with van der Waals surface area (Å²) in [5.41, 5.74) is 1.84. The SMILES string of the molecule is Cc1ccc(S(=O)(=O)N2CCN(CC(=O)NC3CCCCCC3)CC2)c(C)c1. The summed E-state index contributed by atoms with van der Waals surface area (Å²) >= 11 is 0. The molecule has 1 saturated heterocycles. The average molecular weight is 408 g/mol. The van der Waals surface area contributed by atoms with Gasteiger partial charge in [-0.3, -0.25) is 9.69 Å². The van der Waals surface area contributed by atoms with Gasteiger partial charge < -0.3 is 5.32 Å². The second-order valence-electron chi connectivity index (χ2n) is 8.21. The highest BCUT2D eigenvalue weighted by Crippen LogP contribution is 2.22. The van der Waals surface area contributed by atoms with Crippen molar-refractivity contribution < 1.29 is 13.2 Å². The number of carbonyl (C=O) groups excluding carboxylic acids is 1. The number of nitrogens with zero attached hydrogens (tertiary/aromatic N) is 2. The Balaban J connectivity index is 1.51. The van der Waals surface area contributed by atoms with E-state index in [0.29, 0.717) is 43.7 Å². The fraction of sp³-hybridized carbons (Fsp3) is 0.667. The molecule has 0 atom stereocenters. The molecule has 1 saturated carbocycles. The van der Waals surface area contributed by atoms with E-state index in [-0.39, 0.29) is 5.91 Å². The molecule has 1 aromatic rings. The van der Waals surface area contributed by atoms with Gasteiger partial charge in [0, 0.05) is 32.2 Å². The maximum atomic E-state index is 13.0. The molecule has 0 radical (unpaired) electrons. The fourth-order valence-electron chi connectivity index (χ4n) is 4.26. The quantitative estimate of drug-likeness (QED) is 0.761. The van der Waals surface area contributed by atoms with Crippen LogP contribution in [0.1, 0.15) is 49.7 Å². The molecule has 0 bridgehead atoms. The molecule has 156 valence electrons. The van der Waals surface area contributed by atoms with E-state index in [4.69, 9.17) is 0 Å². The second kappa shape index (κ2) is 9.37. The van der Waals surface area contributed by atoms with E-state index in [0.717, 1.165) is 24.0 Å². The molecule has 28 heavy (non-hydrogen) atoms. The molecule has 6 nitrogen and oxygen atoms in total. The van der Waals surface area contributed by atoms with Crippen molar-refractivity contribution in [2.45, 2.75) is 63.3 Å². The van der Waals surface area contributed by atoms with Crippen molar-refractivity contribution in [3.63, 3.8) is 0 Å². The van der Waals surface area contributed by atoms with Crippen LogP contribution < -0.4 is 5.32 Å². The highest BCUT2D eigenvalue weighted by molar-refractivity contribution is 7.89. The number of aryl methyl sites for hydroxylation is 2. The van der Waals surface area contributed by atoms with Gasteiger partial charge >= 0.3 is 0 Å². The molecule has 2 aliphatic rings. The predicted molar refractivity (Wildman–Crippen MR) is 111 cm³/mol. The van der Waals surface area contributed by atoms with Gasteiger partial charge in [-0.15, -0.1) is 0 Å². The van der Waals surface area contributed by atoms with Crippen LogP contribution in [0, 0.1) is 13.8 Å². The lowest BCUT2D eigenvalue weighted by molar-refractivity contribution is -0.123. The smallest absolute Gasteiger partial charge is 0.243 e. The number of hydrogen-bond donors (Lipinski definition) is 1. The Bertz CT molecular complexity index is 778. The third-order valence-electron chi connectivity index (χ3n) is 5.87. The number of sulfonamides is 1. The highest BCUT2D eigenvalue weighted by Gasteiger charge is 2.30. The number of nitrogens with one attached hydrogen (secondary N) is 1. The van der Waals surface area contributed by atoms with Crippen molar-refractivity contribution in [2.75, 3.05) is 32.7 Å². The Labute approximate surface area is 169 Å². The predicted octanol–water partition coefficient (Wildman–Crippen LogP) is 2.45. The number of amides is 1. The first-order valence-electron chi connectivity index (χ1n) is 10.5. The molecule has 1 aliphatic heterocycles. The zero-order chi connectivity index (χ0) is 20.1. The van der Waals surface area contributed by atoms with Crippen LogP contribution in [0.2, 0.25) is 0 Å². The molecule has 7 heteroatoms. The summed E-state index contributed by atoms with van der Waals surface area (Å²) in [7, 11) is -3.48. The minimum Gasteiger partial charge on any atom is -0.352 e. The number of rotatable bonds is 5. The zero-order valence-electron chi connectivity index (χ0n) is 17.1. The second-order valence-corrected chi connectivity index (χ2v) is 10.1. The van der Waals surface area contributed by atoms with Crippen molar-refractivity contribution in [2.24, 2.45) is 0 Å². The number of benzene rings is 1. The molecular formula is C21H33N3O3S. The van der Waals surface area contributed by atoms with Gasteiger partial charge in [-0.1, -0.05) is 43.4 Å².